The number of carbonyl (C=O) groups excluding carboxylic acids is 1. The molecule has 1 amide bonds. The Balaban J connectivity index is 1.33. The maximum absolute atomic E-state index is 12.8. The van der Waals surface area contributed by atoms with Gasteiger partial charge in [-0.1, -0.05) is 11.6 Å². The molecule has 0 spiro atoms. The molecule has 2 aromatic heterocycles. The van der Waals surface area contributed by atoms with Crippen LogP contribution in [-0.4, -0.2) is 47.0 Å². The molecule has 4 rings (SSSR count). The third kappa shape index (κ3) is 4.53. The number of thiazole rings is 1. The first kappa shape index (κ1) is 20.1. The van der Waals surface area contributed by atoms with E-state index in [9.17, 15) is 10.1 Å². The van der Waals surface area contributed by atoms with Gasteiger partial charge in [-0.25, -0.2) is 9.97 Å². The summed E-state index contributed by atoms with van der Waals surface area (Å²) in [5.74, 6) is 1.28. The van der Waals surface area contributed by atoms with E-state index in [-0.39, 0.29) is 5.91 Å². The molecule has 1 fully saturated rings. The van der Waals surface area contributed by atoms with Crippen molar-refractivity contribution in [2.75, 3.05) is 31.1 Å². The highest BCUT2D eigenvalue weighted by Gasteiger charge is 2.25. The lowest BCUT2D eigenvalue weighted by atomic mass is 10.2. The number of rotatable bonds is 5. The summed E-state index contributed by atoms with van der Waals surface area (Å²) < 4.78 is 5.69. The van der Waals surface area contributed by atoms with Gasteiger partial charge >= 0.3 is 0 Å². The maximum Gasteiger partial charge on any atom is 0.273 e. The SMILES string of the molecule is N#Cc1cccnc1N1CCN(C(=O)c2csc(COc3ccc(Cl)cc3)n2)CC1. The average Bonchev–Trinajstić information content (AvgIpc) is 3.27. The van der Waals surface area contributed by atoms with Crippen molar-refractivity contribution in [1.29, 1.82) is 5.26 Å². The van der Waals surface area contributed by atoms with Gasteiger partial charge in [0.05, 0.1) is 5.56 Å². The highest BCUT2D eigenvalue weighted by atomic mass is 35.5. The normalized spacial score (nSPS) is 13.7. The van der Waals surface area contributed by atoms with Crippen LogP contribution in [0.1, 0.15) is 21.1 Å². The minimum absolute atomic E-state index is 0.0924. The Bertz CT molecular complexity index is 1070. The summed E-state index contributed by atoms with van der Waals surface area (Å²) in [6.45, 7) is 2.63. The van der Waals surface area contributed by atoms with Crippen molar-refractivity contribution < 1.29 is 9.53 Å². The molecule has 0 unspecified atom stereocenters. The molecule has 1 saturated heterocycles. The minimum atomic E-state index is -0.0924. The molecule has 0 bridgehead atoms. The van der Waals surface area contributed by atoms with Crippen LogP contribution in [-0.2, 0) is 6.61 Å². The van der Waals surface area contributed by atoms with Crippen LogP contribution in [0.15, 0.2) is 48.0 Å². The van der Waals surface area contributed by atoms with Gasteiger partial charge in [0.25, 0.3) is 5.91 Å². The molecule has 1 aromatic carbocycles. The molecule has 7 nitrogen and oxygen atoms in total. The predicted octanol–water partition coefficient (Wildman–Crippen LogP) is 3.60. The molecule has 0 atom stereocenters. The van der Waals surface area contributed by atoms with E-state index in [0.717, 1.165) is 5.01 Å². The van der Waals surface area contributed by atoms with Gasteiger partial charge in [0.2, 0.25) is 0 Å². The molecule has 1 aliphatic heterocycles. The number of pyridine rings is 1. The Morgan fingerprint density at radius 1 is 1.20 bits per heavy atom. The quantitative estimate of drug-likeness (QED) is 0.604. The van der Waals surface area contributed by atoms with Crippen LogP contribution in [0.5, 0.6) is 5.75 Å². The molecule has 0 radical (unpaired) electrons. The molecule has 0 saturated carbocycles. The molecule has 9 heteroatoms. The highest BCUT2D eigenvalue weighted by molar-refractivity contribution is 7.09. The molecule has 1 aliphatic rings. The zero-order valence-electron chi connectivity index (χ0n) is 16.0. The van der Waals surface area contributed by atoms with Gasteiger partial charge in [0.15, 0.2) is 0 Å². The van der Waals surface area contributed by atoms with Crippen LogP contribution in [0.25, 0.3) is 0 Å². The third-order valence-electron chi connectivity index (χ3n) is 4.72. The van der Waals surface area contributed by atoms with E-state index in [4.69, 9.17) is 16.3 Å². The second kappa shape index (κ2) is 9.11. The first-order valence-electron chi connectivity index (χ1n) is 9.36. The van der Waals surface area contributed by atoms with Crippen LogP contribution >= 0.6 is 22.9 Å². The number of piperazine rings is 1. The van der Waals surface area contributed by atoms with E-state index in [0.29, 0.717) is 60.6 Å². The van der Waals surface area contributed by atoms with Crippen LogP contribution in [0.3, 0.4) is 0 Å². The fourth-order valence-corrected chi connectivity index (χ4v) is 3.98. The van der Waals surface area contributed by atoms with Gasteiger partial charge in [0, 0.05) is 42.8 Å². The Morgan fingerprint density at radius 3 is 2.70 bits per heavy atom. The maximum atomic E-state index is 12.8. The molecule has 3 aromatic rings. The summed E-state index contributed by atoms with van der Waals surface area (Å²) in [5, 5.41) is 12.4. The van der Waals surface area contributed by atoms with Crippen LogP contribution in [0.2, 0.25) is 5.02 Å². The van der Waals surface area contributed by atoms with Crippen LogP contribution in [0, 0.1) is 11.3 Å². The number of aromatic nitrogens is 2. The molecule has 3 heterocycles. The van der Waals surface area contributed by atoms with Gasteiger partial charge < -0.3 is 14.5 Å². The second-order valence-corrected chi connectivity index (χ2v) is 8.01. The van der Waals surface area contributed by atoms with Crippen LogP contribution < -0.4 is 9.64 Å². The summed E-state index contributed by atoms with van der Waals surface area (Å²) in [6, 6.07) is 12.8. The summed E-state index contributed by atoms with van der Waals surface area (Å²) in [7, 11) is 0. The summed E-state index contributed by atoms with van der Waals surface area (Å²) in [6.07, 6.45) is 1.68. The van der Waals surface area contributed by atoms with Crippen molar-refractivity contribution in [3.05, 3.63) is 69.3 Å². The van der Waals surface area contributed by atoms with E-state index in [2.05, 4.69) is 16.0 Å². The monoisotopic (exact) mass is 439 g/mol. The largest absolute Gasteiger partial charge is 0.486 e. The second-order valence-electron chi connectivity index (χ2n) is 6.63. The zero-order chi connectivity index (χ0) is 20.9. The van der Waals surface area contributed by atoms with Gasteiger partial charge in [-0.2, -0.15) is 5.26 Å². The minimum Gasteiger partial charge on any atom is -0.486 e. The topological polar surface area (TPSA) is 82.4 Å². The molecule has 0 N–H and O–H groups in total. The first-order valence-corrected chi connectivity index (χ1v) is 10.6. The lowest BCUT2D eigenvalue weighted by Gasteiger charge is -2.35. The van der Waals surface area contributed by atoms with Crippen molar-refractivity contribution in [3.63, 3.8) is 0 Å². The van der Waals surface area contributed by atoms with Gasteiger partial charge in [-0.15, -0.1) is 11.3 Å². The Morgan fingerprint density at radius 2 is 1.97 bits per heavy atom. The van der Waals surface area contributed by atoms with E-state index in [1.165, 1.54) is 11.3 Å². The summed E-state index contributed by atoms with van der Waals surface area (Å²) in [4.78, 5) is 25.4. The van der Waals surface area contributed by atoms with Gasteiger partial charge in [-0.05, 0) is 36.4 Å². The fourth-order valence-electron chi connectivity index (χ4n) is 3.17. The van der Waals surface area contributed by atoms with Crippen molar-refractivity contribution in [1.82, 2.24) is 14.9 Å². The van der Waals surface area contributed by atoms with E-state index >= 15 is 0 Å². The van der Waals surface area contributed by atoms with Crippen molar-refractivity contribution >= 4 is 34.7 Å². The first-order chi connectivity index (χ1) is 14.6. The van der Waals surface area contributed by atoms with E-state index in [1.54, 1.807) is 52.9 Å². The van der Waals surface area contributed by atoms with Crippen molar-refractivity contribution in [2.24, 2.45) is 0 Å². The van der Waals surface area contributed by atoms with E-state index in [1.807, 2.05) is 4.90 Å². The zero-order valence-corrected chi connectivity index (χ0v) is 17.6. The molecule has 0 aliphatic carbocycles. The average molecular weight is 440 g/mol. The Labute approximate surface area is 183 Å². The lowest BCUT2D eigenvalue weighted by Crippen LogP contribution is -2.49. The van der Waals surface area contributed by atoms with Crippen LogP contribution in [0.4, 0.5) is 5.82 Å². The summed E-state index contributed by atoms with van der Waals surface area (Å²) in [5.41, 5.74) is 0.973. The predicted molar refractivity (Wildman–Crippen MR) is 115 cm³/mol. The standard InChI is InChI=1S/C21H18ClN5O2S/c22-16-3-5-17(6-4-16)29-13-19-25-18(14-30-19)21(28)27-10-8-26(9-11-27)20-15(12-23)2-1-7-24-20/h1-7,14H,8-11,13H2. The Kier molecular flexibility index (Phi) is 6.12. The number of benzene rings is 1. The number of ether oxygens (including phenoxy) is 1. The number of carbonyl (C=O) groups is 1. The molecular weight excluding hydrogens is 422 g/mol. The highest BCUT2D eigenvalue weighted by Crippen LogP contribution is 2.21. The van der Waals surface area contributed by atoms with Crippen molar-refractivity contribution in [2.45, 2.75) is 6.61 Å². The number of hydrogen-bond acceptors (Lipinski definition) is 7. The Hall–Kier alpha value is -3.15. The fraction of sp³-hybridized carbons (Fsp3) is 0.238. The number of nitrogens with zero attached hydrogens (tertiary/aromatic N) is 5. The smallest absolute Gasteiger partial charge is 0.273 e. The number of anilines is 1. The number of amides is 1. The van der Waals surface area contributed by atoms with E-state index < -0.39 is 0 Å². The summed E-state index contributed by atoms with van der Waals surface area (Å²) >= 11 is 7.27. The molecular formula is C21H18ClN5O2S. The number of hydrogen-bond donors (Lipinski definition) is 0. The number of halogens is 1. The van der Waals surface area contributed by atoms with Gasteiger partial charge in [0.1, 0.15) is 34.9 Å². The third-order valence-corrected chi connectivity index (χ3v) is 5.79. The molecule has 30 heavy (non-hydrogen) atoms. The van der Waals surface area contributed by atoms with Crippen molar-refractivity contribution in [3.8, 4) is 11.8 Å². The van der Waals surface area contributed by atoms with Gasteiger partial charge in [-0.3, -0.25) is 4.79 Å². The lowest BCUT2D eigenvalue weighted by molar-refractivity contribution is 0.0741. The number of nitriles is 1. The molecule has 152 valence electrons.